The van der Waals surface area contributed by atoms with Crippen molar-refractivity contribution in [1.82, 2.24) is 10.6 Å². The predicted molar refractivity (Wildman–Crippen MR) is 104 cm³/mol. The molecule has 4 nitrogen and oxygen atoms in total. The number of carbonyl (C=O) groups excluding carboxylic acids is 2. The second-order valence-corrected chi connectivity index (χ2v) is 6.27. The van der Waals surface area contributed by atoms with E-state index in [0.717, 1.165) is 16.3 Å². The van der Waals surface area contributed by atoms with Crippen LogP contribution in [0.4, 0.5) is 0 Å². The van der Waals surface area contributed by atoms with Crippen LogP contribution in [0.1, 0.15) is 35.3 Å². The summed E-state index contributed by atoms with van der Waals surface area (Å²) in [5, 5.41) is 7.87. The minimum atomic E-state index is -0.167. The summed E-state index contributed by atoms with van der Waals surface area (Å²) in [6.07, 6.45) is 0.247. The molecule has 0 aromatic heterocycles. The fourth-order valence-electron chi connectivity index (χ4n) is 2.86. The van der Waals surface area contributed by atoms with Gasteiger partial charge in [0.1, 0.15) is 0 Å². The van der Waals surface area contributed by atoms with Gasteiger partial charge in [-0.25, -0.2) is 0 Å². The molecule has 0 aliphatic carbocycles. The topological polar surface area (TPSA) is 58.2 Å². The second-order valence-electron chi connectivity index (χ2n) is 6.27. The lowest BCUT2D eigenvalue weighted by atomic mass is 10.1. The van der Waals surface area contributed by atoms with Crippen molar-refractivity contribution in [3.63, 3.8) is 0 Å². The molecule has 1 atom stereocenters. The smallest absolute Gasteiger partial charge is 0.251 e. The normalized spacial score (nSPS) is 11.7. The molecule has 0 aliphatic rings. The summed E-state index contributed by atoms with van der Waals surface area (Å²) in [6.45, 7) is 2.25. The third-order valence-corrected chi connectivity index (χ3v) is 4.33. The van der Waals surface area contributed by atoms with Gasteiger partial charge in [0, 0.05) is 18.5 Å². The predicted octanol–water partition coefficient (Wildman–Crippen LogP) is 3.84. The first-order valence-corrected chi connectivity index (χ1v) is 8.75. The van der Waals surface area contributed by atoms with Crippen molar-refractivity contribution in [2.75, 3.05) is 6.54 Å². The molecule has 0 fully saturated rings. The minimum absolute atomic E-state index is 0.0557. The third-order valence-electron chi connectivity index (χ3n) is 4.33. The Morgan fingerprint density at radius 3 is 2.35 bits per heavy atom. The lowest BCUT2D eigenvalue weighted by molar-refractivity contribution is -0.121. The molecule has 26 heavy (non-hydrogen) atoms. The molecular weight excluding hydrogens is 324 g/mol. The minimum Gasteiger partial charge on any atom is -0.352 e. The molecule has 3 rings (SSSR count). The highest BCUT2D eigenvalue weighted by molar-refractivity contribution is 5.98. The maximum absolute atomic E-state index is 12.3. The molecule has 0 spiro atoms. The third kappa shape index (κ3) is 4.48. The van der Waals surface area contributed by atoms with Crippen LogP contribution in [0, 0.1) is 0 Å². The molecule has 0 heterocycles. The summed E-state index contributed by atoms with van der Waals surface area (Å²) >= 11 is 0. The molecule has 2 N–H and O–H groups in total. The van der Waals surface area contributed by atoms with Crippen LogP contribution < -0.4 is 10.6 Å². The van der Waals surface area contributed by atoms with Crippen LogP contribution in [0.3, 0.4) is 0 Å². The van der Waals surface area contributed by atoms with Crippen molar-refractivity contribution in [3.8, 4) is 0 Å². The van der Waals surface area contributed by atoms with E-state index in [0.29, 0.717) is 12.1 Å². The van der Waals surface area contributed by atoms with Gasteiger partial charge < -0.3 is 10.6 Å². The van der Waals surface area contributed by atoms with Crippen LogP contribution in [0.15, 0.2) is 72.8 Å². The van der Waals surface area contributed by atoms with Gasteiger partial charge in [-0.2, -0.15) is 0 Å². The van der Waals surface area contributed by atoms with Crippen LogP contribution in [0.5, 0.6) is 0 Å². The van der Waals surface area contributed by atoms with E-state index in [4.69, 9.17) is 0 Å². The Morgan fingerprint density at radius 2 is 1.58 bits per heavy atom. The van der Waals surface area contributed by atoms with Crippen molar-refractivity contribution in [2.45, 2.75) is 19.4 Å². The summed E-state index contributed by atoms with van der Waals surface area (Å²) < 4.78 is 0. The van der Waals surface area contributed by atoms with Gasteiger partial charge in [-0.3, -0.25) is 9.59 Å². The van der Waals surface area contributed by atoms with Gasteiger partial charge in [-0.15, -0.1) is 0 Å². The first-order valence-electron chi connectivity index (χ1n) is 8.75. The number of benzene rings is 3. The maximum atomic E-state index is 12.3. The molecule has 3 aromatic carbocycles. The van der Waals surface area contributed by atoms with Gasteiger partial charge in [0.2, 0.25) is 5.91 Å². The molecule has 0 aliphatic heterocycles. The SMILES string of the molecule is CC(NC(=O)CCNC(=O)c1ccc2ccccc2c1)c1ccccc1. The number of rotatable bonds is 6. The lowest BCUT2D eigenvalue weighted by Gasteiger charge is -2.14. The van der Waals surface area contributed by atoms with Gasteiger partial charge in [-0.1, -0.05) is 60.7 Å². The van der Waals surface area contributed by atoms with Crippen molar-refractivity contribution in [1.29, 1.82) is 0 Å². The van der Waals surface area contributed by atoms with Crippen LogP contribution in [0.2, 0.25) is 0 Å². The standard InChI is InChI=1S/C22H22N2O2/c1-16(17-7-3-2-4-8-17)24-21(25)13-14-23-22(26)20-12-11-18-9-5-6-10-19(18)15-20/h2-12,15-16H,13-14H2,1H3,(H,23,26)(H,24,25). The van der Waals surface area contributed by atoms with Crippen LogP contribution in [-0.4, -0.2) is 18.4 Å². The zero-order valence-electron chi connectivity index (χ0n) is 14.7. The van der Waals surface area contributed by atoms with Crippen molar-refractivity contribution < 1.29 is 9.59 Å². The van der Waals surface area contributed by atoms with E-state index in [1.165, 1.54) is 0 Å². The Labute approximate surface area is 153 Å². The number of hydrogen-bond donors (Lipinski definition) is 2. The zero-order chi connectivity index (χ0) is 18.4. The molecule has 2 amide bonds. The van der Waals surface area contributed by atoms with E-state index in [2.05, 4.69) is 10.6 Å². The molecule has 0 bridgehead atoms. The summed E-state index contributed by atoms with van der Waals surface area (Å²) in [4.78, 5) is 24.3. The number of hydrogen-bond acceptors (Lipinski definition) is 2. The van der Waals surface area contributed by atoms with E-state index >= 15 is 0 Å². The Kier molecular flexibility index (Phi) is 5.64. The second kappa shape index (κ2) is 8.30. The van der Waals surface area contributed by atoms with E-state index in [1.54, 1.807) is 6.07 Å². The molecule has 0 saturated heterocycles. The van der Waals surface area contributed by atoms with Crippen LogP contribution in [0.25, 0.3) is 10.8 Å². The van der Waals surface area contributed by atoms with E-state index in [9.17, 15) is 9.59 Å². The van der Waals surface area contributed by atoms with Crippen molar-refractivity contribution in [3.05, 3.63) is 83.9 Å². The molecule has 0 radical (unpaired) electrons. The molecule has 3 aromatic rings. The van der Waals surface area contributed by atoms with Gasteiger partial charge in [0.05, 0.1) is 6.04 Å². The number of amides is 2. The fraction of sp³-hybridized carbons (Fsp3) is 0.182. The Hall–Kier alpha value is -3.14. The van der Waals surface area contributed by atoms with Gasteiger partial charge >= 0.3 is 0 Å². The number of nitrogens with one attached hydrogen (secondary N) is 2. The molecule has 0 saturated carbocycles. The number of fused-ring (bicyclic) bond motifs is 1. The molecule has 132 valence electrons. The molecular formula is C22H22N2O2. The summed E-state index contributed by atoms with van der Waals surface area (Å²) in [5.41, 5.74) is 1.66. The highest BCUT2D eigenvalue weighted by Gasteiger charge is 2.10. The average Bonchev–Trinajstić information content (AvgIpc) is 2.68. The van der Waals surface area contributed by atoms with Crippen molar-refractivity contribution >= 4 is 22.6 Å². The summed E-state index contributed by atoms with van der Waals surface area (Å²) in [6, 6.07) is 23.2. The van der Waals surface area contributed by atoms with Crippen molar-refractivity contribution in [2.24, 2.45) is 0 Å². The zero-order valence-corrected chi connectivity index (χ0v) is 14.7. The van der Waals surface area contributed by atoms with E-state index in [-0.39, 0.29) is 24.3 Å². The quantitative estimate of drug-likeness (QED) is 0.712. The summed E-state index contributed by atoms with van der Waals surface area (Å²) in [7, 11) is 0. The lowest BCUT2D eigenvalue weighted by Crippen LogP contribution is -2.32. The summed E-state index contributed by atoms with van der Waals surface area (Å²) in [5.74, 6) is -0.250. The highest BCUT2D eigenvalue weighted by Crippen LogP contribution is 2.15. The van der Waals surface area contributed by atoms with Crippen LogP contribution >= 0.6 is 0 Å². The Bertz CT molecular complexity index is 906. The molecule has 1 unspecified atom stereocenters. The Morgan fingerprint density at radius 1 is 0.885 bits per heavy atom. The van der Waals surface area contributed by atoms with Gasteiger partial charge in [-0.05, 0) is 35.4 Å². The largest absolute Gasteiger partial charge is 0.352 e. The highest BCUT2D eigenvalue weighted by atomic mass is 16.2. The average molecular weight is 346 g/mol. The molecule has 4 heteroatoms. The van der Waals surface area contributed by atoms with Gasteiger partial charge in [0.25, 0.3) is 5.91 Å². The van der Waals surface area contributed by atoms with E-state index in [1.807, 2.05) is 73.7 Å². The first-order chi connectivity index (χ1) is 12.6. The van der Waals surface area contributed by atoms with Crippen LogP contribution in [-0.2, 0) is 4.79 Å². The fourth-order valence-corrected chi connectivity index (χ4v) is 2.86. The number of carbonyl (C=O) groups is 2. The monoisotopic (exact) mass is 346 g/mol. The Balaban J connectivity index is 1.49. The first kappa shape index (κ1) is 17.7. The van der Waals surface area contributed by atoms with E-state index < -0.39 is 0 Å². The van der Waals surface area contributed by atoms with Gasteiger partial charge in [0.15, 0.2) is 0 Å². The maximum Gasteiger partial charge on any atom is 0.251 e.